The van der Waals surface area contributed by atoms with Crippen LogP contribution in [0.3, 0.4) is 0 Å². The molecule has 0 saturated carbocycles. The zero-order valence-electron chi connectivity index (χ0n) is 18.7. The second kappa shape index (κ2) is 9.94. The highest BCUT2D eigenvalue weighted by molar-refractivity contribution is 5.97. The number of aryl methyl sites for hydroxylation is 1. The van der Waals surface area contributed by atoms with Crippen LogP contribution in [0.25, 0.3) is 10.8 Å². The lowest BCUT2D eigenvalue weighted by Gasteiger charge is -2.37. The second-order valence-corrected chi connectivity index (χ2v) is 8.45. The van der Waals surface area contributed by atoms with Gasteiger partial charge in [0, 0.05) is 37.6 Å². The highest BCUT2D eigenvalue weighted by atomic mass is 16.2. The fraction of sp³-hybridized carbons (Fsp3) is 0.308. The maximum atomic E-state index is 12.8. The minimum Gasteiger partial charge on any atom is -0.325 e. The monoisotopic (exact) mass is 430 g/mol. The second-order valence-electron chi connectivity index (χ2n) is 8.45. The van der Waals surface area contributed by atoms with Gasteiger partial charge < -0.3 is 10.6 Å². The van der Waals surface area contributed by atoms with Crippen LogP contribution in [0.5, 0.6) is 0 Å². The normalized spacial score (nSPS) is 15.9. The highest BCUT2D eigenvalue weighted by Crippen LogP contribution is 2.19. The molecule has 4 rings (SSSR count). The van der Waals surface area contributed by atoms with Gasteiger partial charge in [0.2, 0.25) is 11.8 Å². The van der Waals surface area contributed by atoms with Crippen molar-refractivity contribution in [3.63, 3.8) is 0 Å². The molecule has 32 heavy (non-hydrogen) atoms. The van der Waals surface area contributed by atoms with Gasteiger partial charge in [-0.05, 0) is 48.9 Å². The summed E-state index contributed by atoms with van der Waals surface area (Å²) in [5.74, 6) is -0.0183. The van der Waals surface area contributed by atoms with Crippen molar-refractivity contribution in [1.29, 1.82) is 0 Å². The molecular formula is C26H30N4O2. The number of piperazine rings is 1. The number of carbonyl (C=O) groups excluding carboxylic acids is 2. The standard InChI is InChI=1S/C26H30N4O2/c1-19-7-10-23(11-8-19)27-25(31)18-29-13-15-30(16-14-29)20(2)26(32)28-24-12-9-21-5-3-4-6-22(21)17-24/h3-12,17,20H,13-16,18H2,1-2H3,(H,27,31)(H,28,32). The van der Waals surface area contributed by atoms with Crippen LogP contribution in [0.1, 0.15) is 12.5 Å². The zero-order chi connectivity index (χ0) is 22.5. The molecule has 0 radical (unpaired) electrons. The van der Waals surface area contributed by atoms with Crippen LogP contribution in [-0.4, -0.2) is 60.4 Å². The van der Waals surface area contributed by atoms with Gasteiger partial charge in [0.05, 0.1) is 12.6 Å². The predicted octanol–water partition coefficient (Wildman–Crippen LogP) is 3.73. The fourth-order valence-electron chi connectivity index (χ4n) is 4.03. The maximum absolute atomic E-state index is 12.8. The fourth-order valence-corrected chi connectivity index (χ4v) is 4.03. The molecule has 1 heterocycles. The van der Waals surface area contributed by atoms with E-state index >= 15 is 0 Å². The molecule has 3 aromatic rings. The molecular weight excluding hydrogens is 400 g/mol. The quantitative estimate of drug-likeness (QED) is 0.626. The molecule has 1 saturated heterocycles. The summed E-state index contributed by atoms with van der Waals surface area (Å²) in [6.45, 7) is 7.35. The molecule has 1 atom stereocenters. The molecule has 6 nitrogen and oxygen atoms in total. The van der Waals surface area contributed by atoms with Gasteiger partial charge in [0.1, 0.15) is 0 Å². The first kappa shape index (κ1) is 22.0. The van der Waals surface area contributed by atoms with Crippen molar-refractivity contribution in [1.82, 2.24) is 9.80 Å². The van der Waals surface area contributed by atoms with E-state index in [1.54, 1.807) is 0 Å². The van der Waals surface area contributed by atoms with E-state index in [1.165, 1.54) is 0 Å². The summed E-state index contributed by atoms with van der Waals surface area (Å²) in [5, 5.41) is 8.26. The Morgan fingerprint density at radius 2 is 1.50 bits per heavy atom. The molecule has 1 unspecified atom stereocenters. The summed E-state index contributed by atoms with van der Waals surface area (Å²) < 4.78 is 0. The Morgan fingerprint density at radius 1 is 0.844 bits per heavy atom. The van der Waals surface area contributed by atoms with E-state index < -0.39 is 0 Å². The minimum absolute atomic E-state index is 0.00848. The van der Waals surface area contributed by atoms with Gasteiger partial charge in [0.15, 0.2) is 0 Å². The lowest BCUT2D eigenvalue weighted by atomic mass is 10.1. The molecule has 0 aromatic heterocycles. The predicted molar refractivity (Wildman–Crippen MR) is 130 cm³/mol. The third-order valence-corrected chi connectivity index (χ3v) is 6.05. The molecule has 0 aliphatic carbocycles. The maximum Gasteiger partial charge on any atom is 0.241 e. The van der Waals surface area contributed by atoms with Crippen LogP contribution in [0.15, 0.2) is 66.7 Å². The topological polar surface area (TPSA) is 64.7 Å². The minimum atomic E-state index is -0.231. The highest BCUT2D eigenvalue weighted by Gasteiger charge is 2.26. The largest absolute Gasteiger partial charge is 0.325 e. The van der Waals surface area contributed by atoms with Crippen molar-refractivity contribution in [3.05, 3.63) is 72.3 Å². The van der Waals surface area contributed by atoms with Crippen molar-refractivity contribution in [2.24, 2.45) is 0 Å². The number of anilines is 2. The van der Waals surface area contributed by atoms with Crippen molar-refractivity contribution in [2.45, 2.75) is 19.9 Å². The van der Waals surface area contributed by atoms with Gasteiger partial charge in [-0.25, -0.2) is 0 Å². The Morgan fingerprint density at radius 3 is 2.22 bits per heavy atom. The Hall–Kier alpha value is -3.22. The molecule has 1 aliphatic rings. The van der Waals surface area contributed by atoms with Crippen LogP contribution in [0.4, 0.5) is 11.4 Å². The average Bonchev–Trinajstić information content (AvgIpc) is 2.80. The number of fused-ring (bicyclic) bond motifs is 1. The number of amides is 2. The van der Waals surface area contributed by atoms with E-state index in [0.717, 1.165) is 53.9 Å². The number of hydrogen-bond donors (Lipinski definition) is 2. The Balaban J connectivity index is 1.25. The summed E-state index contributed by atoms with van der Waals surface area (Å²) in [7, 11) is 0. The van der Waals surface area contributed by atoms with E-state index in [0.29, 0.717) is 6.54 Å². The van der Waals surface area contributed by atoms with Gasteiger partial charge in [-0.1, -0.05) is 48.0 Å². The van der Waals surface area contributed by atoms with Gasteiger partial charge in [-0.2, -0.15) is 0 Å². The van der Waals surface area contributed by atoms with E-state index in [9.17, 15) is 9.59 Å². The smallest absolute Gasteiger partial charge is 0.241 e. The van der Waals surface area contributed by atoms with Crippen LogP contribution in [-0.2, 0) is 9.59 Å². The third kappa shape index (κ3) is 5.52. The van der Waals surface area contributed by atoms with E-state index in [2.05, 4.69) is 26.5 Å². The van der Waals surface area contributed by atoms with Crippen molar-refractivity contribution in [3.8, 4) is 0 Å². The number of carbonyl (C=O) groups is 2. The summed E-state index contributed by atoms with van der Waals surface area (Å²) in [4.78, 5) is 29.5. The number of nitrogens with one attached hydrogen (secondary N) is 2. The van der Waals surface area contributed by atoms with E-state index in [-0.39, 0.29) is 17.9 Å². The summed E-state index contributed by atoms with van der Waals surface area (Å²) in [6, 6.07) is 21.7. The molecule has 2 amide bonds. The third-order valence-electron chi connectivity index (χ3n) is 6.05. The number of benzene rings is 3. The molecule has 6 heteroatoms. The van der Waals surface area contributed by atoms with E-state index in [4.69, 9.17) is 0 Å². The first-order valence-electron chi connectivity index (χ1n) is 11.1. The van der Waals surface area contributed by atoms with E-state index in [1.807, 2.05) is 74.5 Å². The number of hydrogen-bond acceptors (Lipinski definition) is 4. The average molecular weight is 431 g/mol. The van der Waals surface area contributed by atoms with Gasteiger partial charge in [-0.3, -0.25) is 19.4 Å². The summed E-state index contributed by atoms with van der Waals surface area (Å²) in [6.07, 6.45) is 0. The Kier molecular flexibility index (Phi) is 6.83. The number of nitrogens with zero attached hydrogens (tertiary/aromatic N) is 2. The van der Waals surface area contributed by atoms with Crippen LogP contribution in [0, 0.1) is 6.92 Å². The molecule has 3 aromatic carbocycles. The summed E-state index contributed by atoms with van der Waals surface area (Å²) in [5.41, 5.74) is 2.79. The zero-order valence-corrected chi connectivity index (χ0v) is 18.7. The molecule has 1 fully saturated rings. The van der Waals surface area contributed by atoms with Crippen LogP contribution >= 0.6 is 0 Å². The van der Waals surface area contributed by atoms with Gasteiger partial charge in [0.25, 0.3) is 0 Å². The van der Waals surface area contributed by atoms with Gasteiger partial charge >= 0.3 is 0 Å². The van der Waals surface area contributed by atoms with Crippen molar-refractivity contribution in [2.75, 3.05) is 43.4 Å². The Bertz CT molecular complexity index is 1090. The van der Waals surface area contributed by atoms with Crippen molar-refractivity contribution >= 4 is 34.0 Å². The van der Waals surface area contributed by atoms with Crippen LogP contribution < -0.4 is 10.6 Å². The Labute approximate surface area is 189 Å². The van der Waals surface area contributed by atoms with Crippen molar-refractivity contribution < 1.29 is 9.59 Å². The van der Waals surface area contributed by atoms with Gasteiger partial charge in [-0.15, -0.1) is 0 Å². The first-order chi connectivity index (χ1) is 15.5. The SMILES string of the molecule is Cc1ccc(NC(=O)CN2CCN(C(C)C(=O)Nc3ccc4ccccc4c3)CC2)cc1. The number of rotatable bonds is 6. The van der Waals surface area contributed by atoms with Crippen LogP contribution in [0.2, 0.25) is 0 Å². The summed E-state index contributed by atoms with van der Waals surface area (Å²) >= 11 is 0. The molecule has 2 N–H and O–H groups in total. The molecule has 1 aliphatic heterocycles. The molecule has 0 spiro atoms. The molecule has 166 valence electrons. The first-order valence-corrected chi connectivity index (χ1v) is 11.1. The lowest BCUT2D eigenvalue weighted by Crippen LogP contribution is -2.53. The lowest BCUT2D eigenvalue weighted by molar-refractivity contribution is -0.122. The molecule has 0 bridgehead atoms.